The van der Waals surface area contributed by atoms with Gasteiger partial charge in [0.1, 0.15) is 0 Å². The summed E-state index contributed by atoms with van der Waals surface area (Å²) in [6.45, 7) is 19.7. The molecule has 4 atom stereocenters. The molecule has 1 aliphatic rings. The first-order valence-corrected chi connectivity index (χ1v) is 9.80. The van der Waals surface area contributed by atoms with Gasteiger partial charge in [-0.15, -0.1) is 0 Å². The molecule has 1 saturated carbocycles. The average Bonchev–Trinajstić information content (AvgIpc) is 3.23. The van der Waals surface area contributed by atoms with Crippen LogP contribution < -0.4 is 0 Å². The van der Waals surface area contributed by atoms with Gasteiger partial charge in [-0.05, 0) is 47.3 Å². The van der Waals surface area contributed by atoms with Gasteiger partial charge in [0.2, 0.25) is 0 Å². The molecule has 1 rings (SSSR count). The first-order chi connectivity index (χ1) is 9.80. The van der Waals surface area contributed by atoms with Crippen LogP contribution in [0.3, 0.4) is 0 Å². The first-order valence-electron chi connectivity index (χ1n) is 9.80. The number of rotatable bonds is 10. The molecule has 4 unspecified atom stereocenters. The second-order valence-electron chi connectivity index (χ2n) is 8.66. The molecule has 0 amide bonds. The van der Waals surface area contributed by atoms with Crippen LogP contribution in [0.15, 0.2) is 0 Å². The molecule has 0 bridgehead atoms. The zero-order valence-electron chi connectivity index (χ0n) is 16.3. The van der Waals surface area contributed by atoms with Crippen molar-refractivity contribution in [3.63, 3.8) is 0 Å². The Morgan fingerprint density at radius 3 is 1.95 bits per heavy atom. The molecule has 126 valence electrons. The van der Waals surface area contributed by atoms with Crippen LogP contribution in [0.2, 0.25) is 0 Å². The highest BCUT2D eigenvalue weighted by Crippen LogP contribution is 2.72. The number of hydrogen-bond donors (Lipinski definition) is 0. The van der Waals surface area contributed by atoms with Crippen LogP contribution in [-0.2, 0) is 0 Å². The van der Waals surface area contributed by atoms with E-state index < -0.39 is 0 Å². The van der Waals surface area contributed by atoms with Gasteiger partial charge in [-0.1, -0.05) is 87.5 Å². The van der Waals surface area contributed by atoms with Gasteiger partial charge in [0.15, 0.2) is 0 Å². The summed E-state index contributed by atoms with van der Waals surface area (Å²) in [4.78, 5) is 0. The van der Waals surface area contributed by atoms with E-state index in [9.17, 15) is 0 Å². The Morgan fingerprint density at radius 1 is 0.952 bits per heavy atom. The van der Waals surface area contributed by atoms with Crippen molar-refractivity contribution in [3.05, 3.63) is 0 Å². The van der Waals surface area contributed by atoms with Gasteiger partial charge in [-0.2, -0.15) is 0 Å². The van der Waals surface area contributed by atoms with Crippen molar-refractivity contribution in [3.8, 4) is 0 Å². The Kier molecular flexibility index (Phi) is 6.81. The van der Waals surface area contributed by atoms with Crippen molar-refractivity contribution >= 4 is 0 Å². The third-order valence-corrected chi connectivity index (χ3v) is 7.49. The van der Waals surface area contributed by atoms with Crippen molar-refractivity contribution in [2.45, 2.75) is 100 Å². The molecule has 0 aromatic rings. The maximum Gasteiger partial charge on any atom is -0.0187 e. The number of hydrogen-bond acceptors (Lipinski definition) is 0. The summed E-state index contributed by atoms with van der Waals surface area (Å²) < 4.78 is 0. The fourth-order valence-electron chi connectivity index (χ4n) is 5.09. The molecule has 1 aliphatic carbocycles. The molecule has 0 aliphatic heterocycles. The highest BCUT2D eigenvalue weighted by atomic mass is 14.7. The van der Waals surface area contributed by atoms with E-state index in [0.717, 1.165) is 23.7 Å². The molecule has 1 fully saturated rings. The van der Waals surface area contributed by atoms with Crippen LogP contribution in [-0.4, -0.2) is 0 Å². The maximum absolute atomic E-state index is 2.57. The molecule has 0 spiro atoms. The van der Waals surface area contributed by atoms with Gasteiger partial charge >= 0.3 is 0 Å². The standard InChI is InChI=1S/C21H42/c1-9-16(5)13-14-17(6)21(20(7,8)12-4)15-19(21)18(10-2)11-3/h16-19H,9-15H2,1-8H3. The molecule has 0 heteroatoms. The zero-order valence-corrected chi connectivity index (χ0v) is 16.3. The maximum atomic E-state index is 2.57. The van der Waals surface area contributed by atoms with Crippen molar-refractivity contribution in [1.29, 1.82) is 0 Å². The summed E-state index contributed by atoms with van der Waals surface area (Å²) in [6.07, 6.45) is 9.79. The van der Waals surface area contributed by atoms with Crippen LogP contribution >= 0.6 is 0 Å². The van der Waals surface area contributed by atoms with Crippen LogP contribution in [0.4, 0.5) is 0 Å². The molecule has 0 N–H and O–H groups in total. The van der Waals surface area contributed by atoms with Gasteiger partial charge in [0, 0.05) is 0 Å². The molecule has 0 heterocycles. The summed E-state index contributed by atoms with van der Waals surface area (Å²) in [6, 6.07) is 0. The lowest BCUT2D eigenvalue weighted by atomic mass is 9.63. The van der Waals surface area contributed by atoms with Gasteiger partial charge in [-0.25, -0.2) is 0 Å². The summed E-state index contributed by atoms with van der Waals surface area (Å²) in [5, 5.41) is 0. The second-order valence-corrected chi connectivity index (χ2v) is 8.66. The van der Waals surface area contributed by atoms with Crippen molar-refractivity contribution in [1.82, 2.24) is 0 Å². The first kappa shape index (κ1) is 19.0. The minimum Gasteiger partial charge on any atom is -0.0651 e. The van der Waals surface area contributed by atoms with Crippen LogP contribution in [0.1, 0.15) is 100 Å². The van der Waals surface area contributed by atoms with Crippen LogP contribution in [0.25, 0.3) is 0 Å². The fourth-order valence-corrected chi connectivity index (χ4v) is 5.09. The van der Waals surface area contributed by atoms with Gasteiger partial charge in [-0.3, -0.25) is 0 Å². The highest BCUT2D eigenvalue weighted by Gasteiger charge is 2.65. The summed E-state index contributed by atoms with van der Waals surface area (Å²) in [7, 11) is 0. The highest BCUT2D eigenvalue weighted by molar-refractivity contribution is 5.13. The minimum absolute atomic E-state index is 0.509. The zero-order chi connectivity index (χ0) is 16.3. The normalized spacial score (nSPS) is 28.7. The van der Waals surface area contributed by atoms with E-state index in [1.54, 1.807) is 0 Å². The average molecular weight is 295 g/mol. The predicted octanol–water partition coefficient (Wildman–Crippen LogP) is 7.33. The van der Waals surface area contributed by atoms with E-state index in [1.165, 1.54) is 44.9 Å². The Balaban J connectivity index is 2.86. The fraction of sp³-hybridized carbons (Fsp3) is 1.00. The molecular weight excluding hydrogens is 252 g/mol. The lowest BCUT2D eigenvalue weighted by Gasteiger charge is -2.41. The Labute approximate surface area is 135 Å². The Bertz CT molecular complexity index is 299. The van der Waals surface area contributed by atoms with Gasteiger partial charge < -0.3 is 0 Å². The monoisotopic (exact) mass is 294 g/mol. The second kappa shape index (κ2) is 7.51. The van der Waals surface area contributed by atoms with Crippen LogP contribution in [0.5, 0.6) is 0 Å². The molecule has 0 saturated heterocycles. The molecule has 0 radical (unpaired) electrons. The molecule has 21 heavy (non-hydrogen) atoms. The van der Waals surface area contributed by atoms with E-state index in [1.807, 2.05) is 0 Å². The molecule has 0 aromatic carbocycles. The Hall–Kier alpha value is 0. The quantitative estimate of drug-likeness (QED) is 0.395. The summed E-state index contributed by atoms with van der Waals surface area (Å²) in [5.74, 6) is 3.75. The van der Waals surface area contributed by atoms with Gasteiger partial charge in [0.05, 0.1) is 0 Å². The lowest BCUT2D eigenvalue weighted by molar-refractivity contribution is 0.0730. The largest absolute Gasteiger partial charge is 0.0651 e. The molecule has 0 nitrogen and oxygen atoms in total. The summed E-state index contributed by atoms with van der Waals surface area (Å²) >= 11 is 0. The smallest absolute Gasteiger partial charge is 0.0187 e. The van der Waals surface area contributed by atoms with Crippen molar-refractivity contribution in [2.24, 2.45) is 34.5 Å². The third kappa shape index (κ3) is 3.67. The van der Waals surface area contributed by atoms with Gasteiger partial charge in [0.25, 0.3) is 0 Å². The summed E-state index contributed by atoms with van der Waals surface area (Å²) in [5.41, 5.74) is 1.14. The molecule has 0 aromatic heterocycles. The lowest BCUT2D eigenvalue weighted by Crippen LogP contribution is -2.34. The topological polar surface area (TPSA) is 0 Å². The van der Waals surface area contributed by atoms with E-state index in [-0.39, 0.29) is 0 Å². The Morgan fingerprint density at radius 2 is 1.52 bits per heavy atom. The third-order valence-electron chi connectivity index (χ3n) is 7.49. The molecular formula is C21H42. The minimum atomic E-state index is 0.509. The van der Waals surface area contributed by atoms with Crippen molar-refractivity contribution in [2.75, 3.05) is 0 Å². The van der Waals surface area contributed by atoms with E-state index >= 15 is 0 Å². The predicted molar refractivity (Wildman–Crippen MR) is 96.5 cm³/mol. The van der Waals surface area contributed by atoms with E-state index in [4.69, 9.17) is 0 Å². The van der Waals surface area contributed by atoms with E-state index in [0.29, 0.717) is 10.8 Å². The SMILES string of the molecule is CCC(C)CCC(C)C1(C(C)(C)CC)CC1C(CC)CC. The van der Waals surface area contributed by atoms with E-state index in [2.05, 4.69) is 55.4 Å². The van der Waals surface area contributed by atoms with Crippen LogP contribution in [0, 0.1) is 34.5 Å². The van der Waals surface area contributed by atoms with Crippen molar-refractivity contribution < 1.29 is 0 Å².